The van der Waals surface area contributed by atoms with E-state index in [1.54, 1.807) is 0 Å². The molecule has 2 amide bonds. The van der Waals surface area contributed by atoms with Crippen molar-refractivity contribution in [2.75, 3.05) is 26.2 Å². The largest absolute Gasteiger partial charge is 0.342 e. The molecule has 6 heteroatoms. The molecule has 1 aliphatic carbocycles. The maximum atomic E-state index is 12.7. The molecule has 2 fully saturated rings. The zero-order chi connectivity index (χ0) is 13.0. The molecule has 5 nitrogen and oxygen atoms in total. The Hall–Kier alpha value is -0.810. The molecule has 0 unspecified atom stereocenters. The van der Waals surface area contributed by atoms with Crippen molar-refractivity contribution < 1.29 is 9.59 Å². The lowest BCUT2D eigenvalue weighted by Crippen LogP contribution is -2.62. The number of nitrogens with zero attached hydrogens (tertiary/aromatic N) is 1. The van der Waals surface area contributed by atoms with Crippen LogP contribution in [0.4, 0.5) is 0 Å². The molecule has 2 rings (SSSR count). The van der Waals surface area contributed by atoms with Crippen LogP contribution in [-0.4, -0.2) is 48.4 Å². The molecular formula is C13H24ClN3O2. The van der Waals surface area contributed by atoms with Crippen molar-refractivity contribution in [3.63, 3.8) is 0 Å². The Balaban J connectivity index is 0.00000180. The molecule has 1 saturated carbocycles. The summed E-state index contributed by atoms with van der Waals surface area (Å²) in [7, 11) is 0. The van der Waals surface area contributed by atoms with E-state index in [1.165, 1.54) is 6.92 Å². The van der Waals surface area contributed by atoms with Gasteiger partial charge in [-0.2, -0.15) is 0 Å². The molecule has 0 bridgehead atoms. The first-order chi connectivity index (χ1) is 8.64. The Bertz CT molecular complexity index is 324. The fraction of sp³-hybridized carbons (Fsp3) is 0.846. The van der Waals surface area contributed by atoms with E-state index >= 15 is 0 Å². The number of carbonyl (C=O) groups is 2. The van der Waals surface area contributed by atoms with Crippen molar-refractivity contribution >= 4 is 24.2 Å². The van der Waals surface area contributed by atoms with Crippen LogP contribution < -0.4 is 10.6 Å². The minimum absolute atomic E-state index is 0. The van der Waals surface area contributed by atoms with Gasteiger partial charge in [-0.3, -0.25) is 9.59 Å². The predicted octanol–water partition coefficient (Wildman–Crippen LogP) is 0.679. The first-order valence-corrected chi connectivity index (χ1v) is 6.93. The quantitative estimate of drug-likeness (QED) is 0.786. The molecule has 1 saturated heterocycles. The van der Waals surface area contributed by atoms with Crippen LogP contribution in [0.5, 0.6) is 0 Å². The number of hydrogen-bond acceptors (Lipinski definition) is 3. The van der Waals surface area contributed by atoms with Crippen molar-refractivity contribution in [1.29, 1.82) is 0 Å². The second-order valence-electron chi connectivity index (χ2n) is 5.37. The summed E-state index contributed by atoms with van der Waals surface area (Å²) in [6.07, 6.45) is 4.79. The lowest BCUT2D eigenvalue weighted by Gasteiger charge is -2.41. The van der Waals surface area contributed by atoms with Gasteiger partial charge in [-0.05, 0) is 12.8 Å². The Morgan fingerprint density at radius 2 is 1.68 bits per heavy atom. The molecule has 2 N–H and O–H groups in total. The maximum absolute atomic E-state index is 12.7. The summed E-state index contributed by atoms with van der Waals surface area (Å²) >= 11 is 0. The van der Waals surface area contributed by atoms with Crippen molar-refractivity contribution in [2.45, 2.75) is 44.6 Å². The Kier molecular flexibility index (Phi) is 6.07. The third-order valence-electron chi connectivity index (χ3n) is 3.94. The predicted molar refractivity (Wildman–Crippen MR) is 76.3 cm³/mol. The Labute approximate surface area is 120 Å². The third-order valence-corrected chi connectivity index (χ3v) is 3.94. The van der Waals surface area contributed by atoms with E-state index in [2.05, 4.69) is 10.6 Å². The number of hydrogen-bond donors (Lipinski definition) is 2. The van der Waals surface area contributed by atoms with Crippen LogP contribution in [0.2, 0.25) is 0 Å². The van der Waals surface area contributed by atoms with E-state index in [0.717, 1.165) is 58.3 Å². The molecule has 19 heavy (non-hydrogen) atoms. The standard InChI is InChI=1S/C13H23N3O2.ClH/c1-11(17)15-13(5-3-2-4-6-13)12(18)16-9-7-14-8-10-16;/h14H,2-10H2,1H3,(H,15,17);1H. The maximum Gasteiger partial charge on any atom is 0.248 e. The van der Waals surface area contributed by atoms with Gasteiger partial charge in [0.2, 0.25) is 11.8 Å². The summed E-state index contributed by atoms with van der Waals surface area (Å²) < 4.78 is 0. The van der Waals surface area contributed by atoms with Crippen molar-refractivity contribution in [2.24, 2.45) is 0 Å². The molecular weight excluding hydrogens is 266 g/mol. The van der Waals surface area contributed by atoms with Gasteiger partial charge < -0.3 is 15.5 Å². The number of amides is 2. The van der Waals surface area contributed by atoms with E-state index in [4.69, 9.17) is 0 Å². The summed E-state index contributed by atoms with van der Waals surface area (Å²) in [5.41, 5.74) is -0.624. The van der Waals surface area contributed by atoms with Gasteiger partial charge >= 0.3 is 0 Å². The van der Waals surface area contributed by atoms with Crippen molar-refractivity contribution in [3.05, 3.63) is 0 Å². The molecule has 1 aliphatic heterocycles. The van der Waals surface area contributed by atoms with Gasteiger partial charge in [0.1, 0.15) is 5.54 Å². The smallest absolute Gasteiger partial charge is 0.248 e. The average Bonchev–Trinajstić information content (AvgIpc) is 2.39. The highest BCUT2D eigenvalue weighted by atomic mass is 35.5. The fourth-order valence-electron chi connectivity index (χ4n) is 3.06. The fourth-order valence-corrected chi connectivity index (χ4v) is 3.06. The normalized spacial score (nSPS) is 22.3. The van der Waals surface area contributed by atoms with Crippen LogP contribution in [0.1, 0.15) is 39.0 Å². The van der Waals surface area contributed by atoms with Gasteiger partial charge in [0, 0.05) is 33.1 Å². The third kappa shape index (κ3) is 3.83. The minimum Gasteiger partial charge on any atom is -0.342 e. The molecule has 0 aromatic carbocycles. The number of carbonyl (C=O) groups excluding carboxylic acids is 2. The highest BCUT2D eigenvalue weighted by molar-refractivity contribution is 5.91. The van der Waals surface area contributed by atoms with Crippen LogP contribution >= 0.6 is 12.4 Å². The molecule has 0 spiro atoms. The summed E-state index contributed by atoms with van der Waals surface area (Å²) in [4.78, 5) is 26.0. The molecule has 2 aliphatic rings. The highest BCUT2D eigenvalue weighted by Crippen LogP contribution is 2.30. The summed E-state index contributed by atoms with van der Waals surface area (Å²) in [6.45, 7) is 4.70. The Morgan fingerprint density at radius 3 is 2.21 bits per heavy atom. The van der Waals surface area contributed by atoms with Gasteiger partial charge in [-0.25, -0.2) is 0 Å². The molecule has 0 aromatic heterocycles. The van der Waals surface area contributed by atoms with E-state index in [1.807, 2.05) is 4.90 Å². The van der Waals surface area contributed by atoms with Gasteiger partial charge in [0.25, 0.3) is 0 Å². The van der Waals surface area contributed by atoms with Crippen LogP contribution in [0.3, 0.4) is 0 Å². The molecule has 0 aromatic rings. The highest BCUT2D eigenvalue weighted by Gasteiger charge is 2.42. The van der Waals surface area contributed by atoms with Crippen molar-refractivity contribution in [3.8, 4) is 0 Å². The summed E-state index contributed by atoms with van der Waals surface area (Å²) in [5, 5.41) is 6.19. The van der Waals surface area contributed by atoms with Crippen molar-refractivity contribution in [1.82, 2.24) is 15.5 Å². The van der Waals surface area contributed by atoms with Gasteiger partial charge in [-0.1, -0.05) is 19.3 Å². The van der Waals surface area contributed by atoms with Gasteiger partial charge in [0.15, 0.2) is 0 Å². The number of halogens is 1. The van der Waals surface area contributed by atoms with Crippen LogP contribution in [0, 0.1) is 0 Å². The Morgan fingerprint density at radius 1 is 1.11 bits per heavy atom. The minimum atomic E-state index is -0.624. The zero-order valence-corrected chi connectivity index (χ0v) is 12.4. The van der Waals surface area contributed by atoms with E-state index < -0.39 is 5.54 Å². The summed E-state index contributed by atoms with van der Waals surface area (Å²) in [5.74, 6) is 0.0271. The average molecular weight is 290 g/mol. The van der Waals surface area contributed by atoms with Crippen LogP contribution in [0.25, 0.3) is 0 Å². The van der Waals surface area contributed by atoms with Gasteiger partial charge in [-0.15, -0.1) is 12.4 Å². The zero-order valence-electron chi connectivity index (χ0n) is 11.5. The van der Waals surface area contributed by atoms with E-state index in [0.29, 0.717) is 0 Å². The summed E-state index contributed by atoms with van der Waals surface area (Å²) in [6, 6.07) is 0. The van der Waals surface area contributed by atoms with Crippen LogP contribution in [0.15, 0.2) is 0 Å². The number of nitrogens with one attached hydrogen (secondary N) is 2. The van der Waals surface area contributed by atoms with E-state index in [9.17, 15) is 9.59 Å². The second-order valence-corrected chi connectivity index (χ2v) is 5.37. The second kappa shape index (κ2) is 7.10. The first-order valence-electron chi connectivity index (χ1n) is 6.93. The lowest BCUT2D eigenvalue weighted by molar-refractivity contribution is -0.143. The van der Waals surface area contributed by atoms with E-state index in [-0.39, 0.29) is 24.2 Å². The SMILES string of the molecule is CC(=O)NC1(C(=O)N2CCNCC2)CCCCC1.Cl. The number of piperazine rings is 1. The lowest BCUT2D eigenvalue weighted by atomic mass is 9.80. The molecule has 0 radical (unpaired) electrons. The monoisotopic (exact) mass is 289 g/mol. The molecule has 0 atom stereocenters. The first kappa shape index (κ1) is 16.2. The van der Waals surface area contributed by atoms with Crippen LogP contribution in [-0.2, 0) is 9.59 Å². The topological polar surface area (TPSA) is 61.4 Å². The molecule has 1 heterocycles. The van der Waals surface area contributed by atoms with Gasteiger partial charge in [0.05, 0.1) is 0 Å². The number of rotatable bonds is 2. The molecule has 110 valence electrons.